The Hall–Kier alpha value is -2.76. The van der Waals surface area contributed by atoms with Crippen LogP contribution in [0.3, 0.4) is 0 Å². The number of hydrogen-bond donors (Lipinski definition) is 1. The van der Waals surface area contributed by atoms with E-state index >= 15 is 0 Å². The Morgan fingerprint density at radius 2 is 1.61 bits per heavy atom. The van der Waals surface area contributed by atoms with Gasteiger partial charge in [-0.05, 0) is 28.8 Å². The van der Waals surface area contributed by atoms with Gasteiger partial charge in [0.25, 0.3) is 5.91 Å². The van der Waals surface area contributed by atoms with Gasteiger partial charge in [0.05, 0.1) is 0 Å². The number of aromatic nitrogens is 1. The summed E-state index contributed by atoms with van der Waals surface area (Å²) in [5, 5.41) is 10.3. The number of benzene rings is 1. The van der Waals surface area contributed by atoms with E-state index in [1.165, 1.54) is 4.90 Å². The van der Waals surface area contributed by atoms with Gasteiger partial charge in [-0.25, -0.2) is 8.42 Å². The van der Waals surface area contributed by atoms with E-state index in [0.29, 0.717) is 17.8 Å². The molecule has 1 aromatic heterocycles. The SMILES string of the molecule is O=C([C@H](O)c1ccccc1)N1CC2=C(C1)CN(S(=O)(=O)c1ccc(C(F)(F)F)nc1)C2. The molecule has 1 N–H and O–H groups in total. The molecule has 11 heteroatoms. The Morgan fingerprint density at radius 3 is 2.13 bits per heavy atom. The van der Waals surface area contributed by atoms with Crippen LogP contribution in [-0.2, 0) is 21.0 Å². The van der Waals surface area contributed by atoms with Crippen LogP contribution in [-0.4, -0.2) is 59.8 Å². The van der Waals surface area contributed by atoms with Gasteiger partial charge in [0.2, 0.25) is 10.0 Å². The Bertz CT molecular complexity index is 1110. The van der Waals surface area contributed by atoms with Crippen molar-refractivity contribution in [3.8, 4) is 0 Å². The van der Waals surface area contributed by atoms with Gasteiger partial charge >= 0.3 is 6.18 Å². The molecule has 1 aromatic carbocycles. The molecule has 0 fully saturated rings. The van der Waals surface area contributed by atoms with Crippen LogP contribution in [0.25, 0.3) is 0 Å². The average molecular weight is 453 g/mol. The minimum atomic E-state index is -4.65. The van der Waals surface area contributed by atoms with Crippen molar-refractivity contribution in [2.75, 3.05) is 26.2 Å². The summed E-state index contributed by atoms with van der Waals surface area (Å²) in [5.41, 5.74) is 0.798. The quantitative estimate of drug-likeness (QED) is 0.715. The van der Waals surface area contributed by atoms with Crippen molar-refractivity contribution >= 4 is 15.9 Å². The van der Waals surface area contributed by atoms with E-state index in [2.05, 4.69) is 4.98 Å². The maximum atomic E-state index is 12.8. The Balaban J connectivity index is 1.42. The summed E-state index contributed by atoms with van der Waals surface area (Å²) < 4.78 is 64.7. The largest absolute Gasteiger partial charge is 0.433 e. The van der Waals surface area contributed by atoms with Gasteiger partial charge in [0, 0.05) is 32.4 Å². The topological polar surface area (TPSA) is 90.8 Å². The second kappa shape index (κ2) is 7.74. The maximum Gasteiger partial charge on any atom is 0.433 e. The summed E-state index contributed by atoms with van der Waals surface area (Å²) in [6.07, 6.45) is -5.26. The van der Waals surface area contributed by atoms with Crippen molar-refractivity contribution in [2.24, 2.45) is 0 Å². The van der Waals surface area contributed by atoms with Crippen molar-refractivity contribution in [1.29, 1.82) is 0 Å². The van der Waals surface area contributed by atoms with Crippen LogP contribution in [0.4, 0.5) is 13.2 Å². The van der Waals surface area contributed by atoms with Crippen LogP contribution in [0.5, 0.6) is 0 Å². The fraction of sp³-hybridized carbons (Fsp3) is 0.300. The molecule has 0 radical (unpaired) electrons. The molecule has 0 spiro atoms. The van der Waals surface area contributed by atoms with Crippen molar-refractivity contribution in [3.05, 3.63) is 71.1 Å². The first-order valence-corrected chi connectivity index (χ1v) is 10.8. The van der Waals surface area contributed by atoms with Crippen LogP contribution in [0.2, 0.25) is 0 Å². The number of aliphatic hydroxyl groups excluding tert-OH is 1. The normalized spacial score (nSPS) is 18.4. The zero-order valence-electron chi connectivity index (χ0n) is 16.1. The lowest BCUT2D eigenvalue weighted by molar-refractivity contribution is -0.141. The molecule has 4 rings (SSSR count). The highest BCUT2D eigenvalue weighted by Crippen LogP contribution is 2.32. The third-order valence-electron chi connectivity index (χ3n) is 5.32. The third kappa shape index (κ3) is 4.08. The van der Waals surface area contributed by atoms with E-state index in [1.807, 2.05) is 0 Å². The summed E-state index contributed by atoms with van der Waals surface area (Å²) in [6, 6.07) is 10.0. The fourth-order valence-corrected chi connectivity index (χ4v) is 5.05. The Kier molecular flexibility index (Phi) is 5.36. The summed E-state index contributed by atoms with van der Waals surface area (Å²) in [7, 11) is -4.03. The molecule has 0 saturated heterocycles. The maximum absolute atomic E-state index is 12.8. The summed E-state index contributed by atoms with van der Waals surface area (Å²) in [4.78, 5) is 17.0. The predicted octanol–water partition coefficient (Wildman–Crippen LogP) is 1.98. The Morgan fingerprint density at radius 1 is 1.00 bits per heavy atom. The van der Waals surface area contributed by atoms with Crippen LogP contribution in [0.1, 0.15) is 17.4 Å². The highest BCUT2D eigenvalue weighted by Gasteiger charge is 2.39. The van der Waals surface area contributed by atoms with Crippen molar-refractivity contribution in [1.82, 2.24) is 14.2 Å². The lowest BCUT2D eigenvalue weighted by Crippen LogP contribution is -2.38. The summed E-state index contributed by atoms with van der Waals surface area (Å²) >= 11 is 0. The molecule has 1 atom stereocenters. The molecule has 1 amide bonds. The first kappa shape index (κ1) is 21.5. The number of aliphatic hydroxyl groups is 1. The summed E-state index contributed by atoms with van der Waals surface area (Å²) in [5.74, 6) is -0.470. The molecule has 31 heavy (non-hydrogen) atoms. The molecule has 2 aliphatic heterocycles. The second-order valence-corrected chi connectivity index (χ2v) is 9.30. The number of carbonyl (C=O) groups is 1. The van der Waals surface area contributed by atoms with Crippen molar-refractivity contribution < 1.29 is 31.5 Å². The minimum absolute atomic E-state index is 0.0316. The highest BCUT2D eigenvalue weighted by atomic mass is 32.2. The summed E-state index contributed by atoms with van der Waals surface area (Å²) in [6.45, 7) is 0.443. The van der Waals surface area contributed by atoms with E-state index in [9.17, 15) is 31.5 Å². The number of amides is 1. The molecule has 164 valence electrons. The highest BCUT2D eigenvalue weighted by molar-refractivity contribution is 7.89. The molecule has 0 bridgehead atoms. The molecule has 0 aliphatic carbocycles. The standard InChI is InChI=1S/C20H18F3N3O4S/c21-20(22,23)17-7-6-16(8-24-17)31(29,30)26-11-14-9-25(10-15(14)12-26)19(28)18(27)13-4-2-1-3-5-13/h1-8,18,27H,9-12H2/t18-/m1/s1. The average Bonchev–Trinajstić information content (AvgIpc) is 3.33. The second-order valence-electron chi connectivity index (χ2n) is 7.36. The molecule has 7 nitrogen and oxygen atoms in total. The number of sulfonamides is 1. The van der Waals surface area contributed by atoms with Crippen LogP contribution < -0.4 is 0 Å². The fourth-order valence-electron chi connectivity index (χ4n) is 3.67. The number of carbonyl (C=O) groups excluding carboxylic acids is 1. The smallest absolute Gasteiger partial charge is 0.378 e. The number of nitrogens with zero attached hydrogens (tertiary/aromatic N) is 3. The minimum Gasteiger partial charge on any atom is -0.378 e. The predicted molar refractivity (Wildman–Crippen MR) is 103 cm³/mol. The van der Waals surface area contributed by atoms with E-state index < -0.39 is 33.9 Å². The van der Waals surface area contributed by atoms with Gasteiger partial charge in [-0.3, -0.25) is 9.78 Å². The van der Waals surface area contributed by atoms with Gasteiger partial charge in [0.1, 0.15) is 10.6 Å². The molecule has 0 unspecified atom stereocenters. The van der Waals surface area contributed by atoms with Gasteiger partial charge in [-0.2, -0.15) is 17.5 Å². The third-order valence-corrected chi connectivity index (χ3v) is 7.10. The molecular formula is C20H18F3N3O4S. The van der Waals surface area contributed by atoms with E-state index in [4.69, 9.17) is 0 Å². The first-order chi connectivity index (χ1) is 14.6. The number of pyridine rings is 1. The van der Waals surface area contributed by atoms with Gasteiger partial charge in [-0.1, -0.05) is 30.3 Å². The van der Waals surface area contributed by atoms with E-state index in [-0.39, 0.29) is 31.1 Å². The number of rotatable bonds is 4. The molecule has 3 heterocycles. The first-order valence-electron chi connectivity index (χ1n) is 9.32. The lowest BCUT2D eigenvalue weighted by atomic mass is 10.1. The molecule has 2 aliphatic rings. The van der Waals surface area contributed by atoms with Crippen molar-refractivity contribution in [3.63, 3.8) is 0 Å². The van der Waals surface area contributed by atoms with Crippen molar-refractivity contribution in [2.45, 2.75) is 17.2 Å². The van der Waals surface area contributed by atoms with Crippen LogP contribution >= 0.6 is 0 Å². The van der Waals surface area contributed by atoms with E-state index in [1.54, 1.807) is 30.3 Å². The number of halogens is 3. The lowest BCUT2D eigenvalue weighted by Gasteiger charge is -2.24. The van der Waals surface area contributed by atoms with E-state index in [0.717, 1.165) is 21.5 Å². The van der Waals surface area contributed by atoms with Gasteiger partial charge < -0.3 is 10.0 Å². The van der Waals surface area contributed by atoms with Gasteiger partial charge in [-0.15, -0.1) is 0 Å². The van der Waals surface area contributed by atoms with Gasteiger partial charge in [0.15, 0.2) is 6.10 Å². The van der Waals surface area contributed by atoms with Crippen LogP contribution in [0, 0.1) is 0 Å². The molecule has 2 aromatic rings. The monoisotopic (exact) mass is 453 g/mol. The zero-order valence-corrected chi connectivity index (χ0v) is 16.9. The Labute approximate surface area is 176 Å². The molecular weight excluding hydrogens is 435 g/mol. The van der Waals surface area contributed by atoms with Crippen LogP contribution in [0.15, 0.2) is 64.7 Å². The number of alkyl halides is 3. The molecule has 0 saturated carbocycles. The zero-order chi connectivity index (χ0) is 22.4. The number of hydrogen-bond acceptors (Lipinski definition) is 5.